The second-order valence-corrected chi connectivity index (χ2v) is 8.53. The number of furan rings is 1. The number of carbonyl (C=O) groups excluding carboxylic acids is 2. The Labute approximate surface area is 225 Å². The first kappa shape index (κ1) is 25.7. The number of carbonyl (C=O) groups is 2. The van der Waals surface area contributed by atoms with Crippen molar-refractivity contribution in [3.8, 4) is 28.6 Å². The second kappa shape index (κ2) is 10.5. The van der Waals surface area contributed by atoms with Crippen molar-refractivity contribution in [2.75, 3.05) is 4.90 Å². The Balaban J connectivity index is 1.36. The number of nitrogens with zero attached hydrogens (tertiary/aromatic N) is 1. The molecule has 1 aliphatic rings. The van der Waals surface area contributed by atoms with Crippen molar-refractivity contribution in [3.05, 3.63) is 102 Å². The van der Waals surface area contributed by atoms with Gasteiger partial charge in [-0.1, -0.05) is 30.3 Å². The molecule has 4 aromatic rings. The highest BCUT2D eigenvalue weighted by Gasteiger charge is 2.35. The lowest BCUT2D eigenvalue weighted by Gasteiger charge is -2.28. The van der Waals surface area contributed by atoms with Crippen LogP contribution in [0.2, 0.25) is 0 Å². The molecule has 5 rings (SSSR count). The standard InChI is InChI=1S/C28H17F3N2O5S/c29-28(30,31)38-22-8-4-5-17(15-22)24-14-13-21(37-24)16-23-25(34)32-27(39)33(26(23)35)18-9-11-20(12-10-18)36-19-6-2-1-3-7-19/h1-16H,(H,32,34,39)/b23-16+. The number of alkyl halides is 3. The average molecular weight is 551 g/mol. The maximum absolute atomic E-state index is 13.3. The first-order chi connectivity index (χ1) is 18.7. The number of amides is 2. The van der Waals surface area contributed by atoms with Gasteiger partial charge in [-0.3, -0.25) is 19.8 Å². The van der Waals surface area contributed by atoms with Crippen molar-refractivity contribution in [1.82, 2.24) is 5.32 Å². The summed E-state index contributed by atoms with van der Waals surface area (Å²) in [5, 5.41) is 2.39. The minimum absolute atomic E-state index is 0.0968. The lowest BCUT2D eigenvalue weighted by molar-refractivity contribution is -0.274. The minimum Gasteiger partial charge on any atom is -0.457 e. The molecular formula is C28H17F3N2O5S. The van der Waals surface area contributed by atoms with Crippen LogP contribution in [0.25, 0.3) is 17.4 Å². The summed E-state index contributed by atoms with van der Waals surface area (Å²) in [7, 11) is 0. The van der Waals surface area contributed by atoms with Gasteiger partial charge >= 0.3 is 6.36 Å². The molecule has 2 amide bonds. The average Bonchev–Trinajstić information content (AvgIpc) is 3.36. The highest BCUT2D eigenvalue weighted by Crippen LogP contribution is 2.31. The third kappa shape index (κ3) is 5.99. The van der Waals surface area contributed by atoms with E-state index in [1.54, 1.807) is 36.4 Å². The molecule has 2 heterocycles. The van der Waals surface area contributed by atoms with E-state index in [0.29, 0.717) is 22.7 Å². The molecule has 0 aliphatic carbocycles. The number of hydrogen-bond acceptors (Lipinski definition) is 6. The van der Waals surface area contributed by atoms with Crippen molar-refractivity contribution in [2.24, 2.45) is 0 Å². The van der Waals surface area contributed by atoms with Crippen LogP contribution in [0.1, 0.15) is 5.76 Å². The highest BCUT2D eigenvalue weighted by molar-refractivity contribution is 7.80. The second-order valence-electron chi connectivity index (χ2n) is 8.14. The maximum atomic E-state index is 13.3. The summed E-state index contributed by atoms with van der Waals surface area (Å²) in [5.74, 6) is -0.299. The van der Waals surface area contributed by atoms with Gasteiger partial charge in [0.1, 0.15) is 34.3 Å². The van der Waals surface area contributed by atoms with Crippen LogP contribution >= 0.6 is 12.2 Å². The van der Waals surface area contributed by atoms with Crippen LogP contribution in [0.15, 0.2) is 101 Å². The van der Waals surface area contributed by atoms with E-state index in [1.807, 2.05) is 18.2 Å². The molecule has 0 bridgehead atoms. The molecule has 39 heavy (non-hydrogen) atoms. The van der Waals surface area contributed by atoms with E-state index in [0.717, 1.165) is 17.0 Å². The van der Waals surface area contributed by atoms with Gasteiger partial charge in [0.25, 0.3) is 11.8 Å². The molecule has 7 nitrogen and oxygen atoms in total. The van der Waals surface area contributed by atoms with Crippen LogP contribution < -0.4 is 19.7 Å². The molecule has 1 saturated heterocycles. The van der Waals surface area contributed by atoms with E-state index < -0.39 is 23.9 Å². The number of halogens is 3. The third-order valence-corrected chi connectivity index (χ3v) is 5.73. The van der Waals surface area contributed by atoms with Gasteiger partial charge in [0, 0.05) is 5.56 Å². The Morgan fingerprint density at radius 2 is 1.54 bits per heavy atom. The summed E-state index contributed by atoms with van der Waals surface area (Å²) in [5.41, 5.74) is 0.461. The van der Waals surface area contributed by atoms with Crippen molar-refractivity contribution >= 4 is 40.9 Å². The molecule has 1 aromatic heterocycles. The zero-order chi connectivity index (χ0) is 27.6. The van der Waals surface area contributed by atoms with Crippen molar-refractivity contribution < 1.29 is 36.7 Å². The predicted octanol–water partition coefficient (Wildman–Crippen LogP) is 6.47. The summed E-state index contributed by atoms with van der Waals surface area (Å²) in [6, 6.07) is 23.9. The van der Waals surface area contributed by atoms with E-state index in [9.17, 15) is 22.8 Å². The van der Waals surface area contributed by atoms with E-state index in [2.05, 4.69) is 10.1 Å². The summed E-state index contributed by atoms with van der Waals surface area (Å²) in [6.45, 7) is 0. The minimum atomic E-state index is -4.84. The van der Waals surface area contributed by atoms with Gasteiger partial charge in [0.2, 0.25) is 0 Å². The molecule has 0 spiro atoms. The fourth-order valence-corrected chi connectivity index (χ4v) is 4.04. The zero-order valence-electron chi connectivity index (χ0n) is 19.8. The first-order valence-corrected chi connectivity index (χ1v) is 11.8. The molecule has 3 aromatic carbocycles. The third-order valence-electron chi connectivity index (χ3n) is 5.44. The Morgan fingerprint density at radius 1 is 0.846 bits per heavy atom. The lowest BCUT2D eigenvalue weighted by atomic mass is 10.1. The van der Waals surface area contributed by atoms with Crippen molar-refractivity contribution in [1.29, 1.82) is 0 Å². The number of para-hydroxylation sites is 1. The summed E-state index contributed by atoms with van der Waals surface area (Å²) in [4.78, 5) is 27.1. The molecule has 0 atom stereocenters. The normalized spacial score (nSPS) is 14.9. The van der Waals surface area contributed by atoms with Crippen LogP contribution in [0.3, 0.4) is 0 Å². The molecule has 0 radical (unpaired) electrons. The van der Waals surface area contributed by atoms with Gasteiger partial charge in [-0.15, -0.1) is 13.2 Å². The lowest BCUT2D eigenvalue weighted by Crippen LogP contribution is -2.54. The molecule has 0 unspecified atom stereocenters. The van der Waals surface area contributed by atoms with E-state index >= 15 is 0 Å². The van der Waals surface area contributed by atoms with Gasteiger partial charge in [0.05, 0.1) is 5.69 Å². The number of thiocarbonyl (C=S) groups is 1. The topological polar surface area (TPSA) is 81.0 Å². The quantitative estimate of drug-likeness (QED) is 0.168. The molecule has 0 saturated carbocycles. The fourth-order valence-electron chi connectivity index (χ4n) is 3.75. The predicted molar refractivity (Wildman–Crippen MR) is 140 cm³/mol. The fraction of sp³-hybridized carbons (Fsp3) is 0.0357. The van der Waals surface area contributed by atoms with Crippen LogP contribution in [-0.2, 0) is 9.59 Å². The van der Waals surface area contributed by atoms with E-state index in [1.165, 1.54) is 30.3 Å². The van der Waals surface area contributed by atoms with Crippen LogP contribution in [0, 0.1) is 0 Å². The monoisotopic (exact) mass is 550 g/mol. The Kier molecular flexibility index (Phi) is 6.90. The van der Waals surface area contributed by atoms with Gasteiger partial charge < -0.3 is 13.9 Å². The highest BCUT2D eigenvalue weighted by atomic mass is 32.1. The molecular weight excluding hydrogens is 533 g/mol. The summed E-state index contributed by atoms with van der Waals surface area (Å²) < 4.78 is 53.1. The summed E-state index contributed by atoms with van der Waals surface area (Å²) >= 11 is 5.24. The van der Waals surface area contributed by atoms with Gasteiger partial charge in [-0.2, -0.15) is 0 Å². The maximum Gasteiger partial charge on any atom is 0.573 e. The van der Waals surface area contributed by atoms with Crippen LogP contribution in [-0.4, -0.2) is 23.3 Å². The molecule has 1 N–H and O–H groups in total. The molecule has 196 valence electrons. The number of hydrogen-bond donors (Lipinski definition) is 1. The van der Waals surface area contributed by atoms with Gasteiger partial charge in [0.15, 0.2) is 5.11 Å². The van der Waals surface area contributed by atoms with Crippen LogP contribution in [0.4, 0.5) is 18.9 Å². The van der Waals surface area contributed by atoms with Crippen molar-refractivity contribution in [2.45, 2.75) is 6.36 Å². The number of nitrogens with one attached hydrogen (secondary N) is 1. The Hall–Kier alpha value is -4.90. The van der Waals surface area contributed by atoms with Crippen molar-refractivity contribution in [3.63, 3.8) is 0 Å². The smallest absolute Gasteiger partial charge is 0.457 e. The summed E-state index contributed by atoms with van der Waals surface area (Å²) in [6.07, 6.45) is -3.60. The van der Waals surface area contributed by atoms with Gasteiger partial charge in [-0.05, 0) is 79.0 Å². The first-order valence-electron chi connectivity index (χ1n) is 11.4. The SMILES string of the molecule is O=C1NC(=S)N(c2ccc(Oc3ccccc3)cc2)C(=O)/C1=C/c1ccc(-c2cccc(OC(F)(F)F)c2)o1. The number of benzene rings is 3. The number of rotatable bonds is 6. The Bertz CT molecular complexity index is 1580. The Morgan fingerprint density at radius 3 is 2.26 bits per heavy atom. The van der Waals surface area contributed by atoms with Gasteiger partial charge in [-0.25, -0.2) is 0 Å². The molecule has 1 fully saturated rings. The zero-order valence-corrected chi connectivity index (χ0v) is 20.6. The van der Waals surface area contributed by atoms with Crippen LogP contribution in [0.5, 0.6) is 17.2 Å². The van der Waals surface area contributed by atoms with E-state index in [4.69, 9.17) is 21.4 Å². The van der Waals surface area contributed by atoms with E-state index in [-0.39, 0.29) is 22.2 Å². The number of anilines is 1. The molecule has 11 heteroatoms. The number of ether oxygens (including phenoxy) is 2. The largest absolute Gasteiger partial charge is 0.573 e. The molecule has 1 aliphatic heterocycles.